The van der Waals surface area contributed by atoms with E-state index in [-0.39, 0.29) is 31.9 Å². The van der Waals surface area contributed by atoms with E-state index in [0.29, 0.717) is 0 Å². The van der Waals surface area contributed by atoms with Gasteiger partial charge in [0.2, 0.25) is 0 Å². The van der Waals surface area contributed by atoms with Crippen molar-refractivity contribution in [2.75, 3.05) is 9.80 Å². The molecule has 10 aromatic rings. The second kappa shape index (κ2) is 16.9. The van der Waals surface area contributed by atoms with Gasteiger partial charge in [0.25, 0.3) is 0 Å². The van der Waals surface area contributed by atoms with Crippen molar-refractivity contribution in [2.24, 2.45) is 0 Å². The first-order chi connectivity index (χ1) is 33.3. The van der Waals surface area contributed by atoms with E-state index in [2.05, 4.69) is 264 Å². The molecule has 4 nitrogen and oxygen atoms in total. The normalized spacial score (nSPS) is 13.9. The zero-order valence-corrected chi connectivity index (χ0v) is 43.3. The predicted molar refractivity (Wildman–Crippen MR) is 287 cm³/mol. The summed E-state index contributed by atoms with van der Waals surface area (Å²) in [7, 11) is 0. The van der Waals surface area contributed by atoms with E-state index < -0.39 is 5.41 Å². The predicted octanol–water partition coefficient (Wildman–Crippen LogP) is 16.4. The summed E-state index contributed by atoms with van der Waals surface area (Å²) in [6.45, 7) is 20.5. The summed E-state index contributed by atoms with van der Waals surface area (Å²) in [5.41, 5.74) is 19.6. The van der Waals surface area contributed by atoms with Gasteiger partial charge >= 0.3 is 0 Å². The van der Waals surface area contributed by atoms with Crippen molar-refractivity contribution in [3.8, 4) is 28.1 Å². The molecule has 0 saturated carbocycles. The summed E-state index contributed by atoms with van der Waals surface area (Å²) in [4.78, 5) is 9.84. The molecule has 1 aliphatic heterocycles. The Labute approximate surface area is 427 Å². The molecule has 0 bridgehead atoms. The molecular formula is C65H55N4Pt-3. The third kappa shape index (κ3) is 7.09. The Kier molecular flexibility index (Phi) is 10.9. The number of aryl methyl sites for hydroxylation is 2. The maximum Gasteiger partial charge on any atom is 0.135 e. The zero-order valence-electron chi connectivity index (χ0n) is 41.0. The van der Waals surface area contributed by atoms with Gasteiger partial charge in [0.15, 0.2) is 0 Å². The van der Waals surface area contributed by atoms with Crippen LogP contribution in [0, 0.1) is 32.6 Å². The van der Waals surface area contributed by atoms with Gasteiger partial charge in [0.1, 0.15) is 5.82 Å². The molecule has 3 heterocycles. The molecule has 0 saturated heterocycles. The fourth-order valence-electron chi connectivity index (χ4n) is 11.0. The van der Waals surface area contributed by atoms with E-state index >= 15 is 0 Å². The molecule has 0 amide bonds. The van der Waals surface area contributed by atoms with Crippen LogP contribution in [0.15, 0.2) is 182 Å². The molecule has 0 fully saturated rings. The summed E-state index contributed by atoms with van der Waals surface area (Å²) in [5.74, 6) is 0.877. The largest absolute Gasteiger partial charge is 0.493 e. The number of benzene rings is 8. The van der Waals surface area contributed by atoms with Crippen LogP contribution >= 0.6 is 0 Å². The van der Waals surface area contributed by atoms with Crippen LogP contribution in [0.4, 0.5) is 22.7 Å². The van der Waals surface area contributed by atoms with Crippen molar-refractivity contribution in [3.05, 3.63) is 245 Å². The Bertz CT molecular complexity index is 3600. The molecule has 348 valence electrons. The Balaban J connectivity index is 0.00000533. The molecule has 5 heteroatoms. The van der Waals surface area contributed by atoms with E-state index in [1.54, 1.807) is 0 Å². The van der Waals surface area contributed by atoms with Crippen LogP contribution in [-0.4, -0.2) is 9.55 Å². The second-order valence-corrected chi connectivity index (χ2v) is 21.1. The fourth-order valence-corrected chi connectivity index (χ4v) is 11.0. The van der Waals surface area contributed by atoms with Gasteiger partial charge in [-0.25, -0.2) is 4.98 Å². The Morgan fingerprint density at radius 3 is 1.76 bits per heavy atom. The summed E-state index contributed by atoms with van der Waals surface area (Å²) < 4.78 is 2.36. The topological polar surface area (TPSA) is 24.3 Å². The molecule has 8 aromatic carbocycles. The molecule has 0 spiro atoms. The number of hydrogen-bond acceptors (Lipinski definition) is 3. The minimum absolute atomic E-state index is 0. The average Bonchev–Trinajstić information content (AvgIpc) is 4.00. The van der Waals surface area contributed by atoms with Crippen molar-refractivity contribution in [2.45, 2.75) is 71.6 Å². The van der Waals surface area contributed by atoms with Crippen LogP contribution in [-0.2, 0) is 37.3 Å². The molecule has 0 radical (unpaired) electrons. The van der Waals surface area contributed by atoms with Crippen molar-refractivity contribution < 1.29 is 21.1 Å². The van der Waals surface area contributed by atoms with Crippen LogP contribution in [0.2, 0.25) is 0 Å². The Hall–Kier alpha value is -7.00. The molecule has 2 aromatic heterocycles. The molecule has 1 aliphatic carbocycles. The van der Waals surface area contributed by atoms with Crippen LogP contribution in [0.5, 0.6) is 0 Å². The number of rotatable bonds is 6. The SMILES string of the molecule is Cc1cc2c(cc1C)N(c1ccccc1)[CH-]N2c1[c-]c(C2(c3[c-]c4c(c(-c5ccccc5)c3)c3ccccc3n4-c3cc(C(C)(C)C)ccn3)c3ccccc3-c3ccccc32)cc(C(C)(C)C)c1.[Pt]. The van der Waals surface area contributed by atoms with E-state index in [0.717, 1.165) is 67.2 Å². The van der Waals surface area contributed by atoms with E-state index in [9.17, 15) is 0 Å². The number of para-hydroxylation sites is 2. The molecule has 0 unspecified atom stereocenters. The minimum atomic E-state index is -0.840. The van der Waals surface area contributed by atoms with E-state index in [1.807, 2.05) is 6.20 Å². The summed E-state index contributed by atoms with van der Waals surface area (Å²) in [6.07, 6.45) is 1.97. The number of anilines is 4. The first kappa shape index (κ1) is 45.4. The molecule has 0 N–H and O–H groups in total. The zero-order chi connectivity index (χ0) is 47.4. The standard InChI is InChI=1S/C65H55N4.Pt/c1-42-33-58-59(34-43(42)2)68(41-67(58)49-23-13-10-14-24-49)50-36-46(64(6,7)8)35-47(37-50)65(55-28-18-15-25-51(55)52-26-16-19-29-56(52)65)48-38-54(44-21-11-9-12-22-44)62-53-27-17-20-30-57(53)69(60(62)39-48)61-40-45(31-32-66-61)63(3,4)5;/h9-36,38,40-41H,1-8H3;/q-3;. The Morgan fingerprint density at radius 1 is 0.529 bits per heavy atom. The van der Waals surface area contributed by atoms with E-state index in [1.165, 1.54) is 49.9 Å². The third-order valence-electron chi connectivity index (χ3n) is 14.7. The quantitative estimate of drug-likeness (QED) is 0.155. The van der Waals surface area contributed by atoms with Gasteiger partial charge in [-0.3, -0.25) is 0 Å². The van der Waals surface area contributed by atoms with Crippen LogP contribution < -0.4 is 9.80 Å². The van der Waals surface area contributed by atoms with Crippen molar-refractivity contribution in [1.29, 1.82) is 0 Å². The van der Waals surface area contributed by atoms with Gasteiger partial charge in [-0.15, -0.1) is 35.1 Å². The monoisotopic (exact) mass is 1090 g/mol. The van der Waals surface area contributed by atoms with Crippen molar-refractivity contribution in [3.63, 3.8) is 0 Å². The summed E-state index contributed by atoms with van der Waals surface area (Å²) in [5, 5.41) is 2.32. The first-order valence-electron chi connectivity index (χ1n) is 24.2. The van der Waals surface area contributed by atoms with E-state index in [4.69, 9.17) is 4.98 Å². The fraction of sp³-hybridized carbons (Fsp3) is 0.169. The number of pyridine rings is 1. The molecule has 70 heavy (non-hydrogen) atoms. The van der Waals surface area contributed by atoms with Gasteiger partial charge in [-0.1, -0.05) is 168 Å². The Morgan fingerprint density at radius 2 is 1.10 bits per heavy atom. The van der Waals surface area contributed by atoms with Crippen LogP contribution in [0.25, 0.3) is 49.9 Å². The second-order valence-electron chi connectivity index (χ2n) is 21.1. The van der Waals surface area contributed by atoms with Crippen molar-refractivity contribution >= 4 is 44.6 Å². The van der Waals surface area contributed by atoms with Gasteiger partial charge in [0.05, 0.1) is 0 Å². The van der Waals surface area contributed by atoms with Crippen molar-refractivity contribution in [1.82, 2.24) is 9.55 Å². The number of hydrogen-bond donors (Lipinski definition) is 0. The smallest absolute Gasteiger partial charge is 0.135 e. The number of aromatic nitrogens is 2. The summed E-state index contributed by atoms with van der Waals surface area (Å²) >= 11 is 0. The van der Waals surface area contributed by atoms with Gasteiger partial charge < -0.3 is 14.4 Å². The number of nitrogens with zero attached hydrogens (tertiary/aromatic N) is 4. The average molecular weight is 1090 g/mol. The molecule has 0 atom stereocenters. The molecule has 12 rings (SSSR count). The third-order valence-corrected chi connectivity index (χ3v) is 14.7. The maximum atomic E-state index is 5.15. The van der Waals surface area contributed by atoms with Crippen LogP contribution in [0.1, 0.15) is 86.1 Å². The molecular weight excluding hydrogens is 1030 g/mol. The van der Waals surface area contributed by atoms with Gasteiger partial charge in [0, 0.05) is 55.3 Å². The van der Waals surface area contributed by atoms with Gasteiger partial charge in [-0.2, -0.15) is 29.8 Å². The number of fused-ring (bicyclic) bond motifs is 7. The summed E-state index contributed by atoms with van der Waals surface area (Å²) in [6, 6.07) is 73.3. The molecule has 2 aliphatic rings. The first-order valence-corrected chi connectivity index (χ1v) is 24.2. The maximum absolute atomic E-state index is 5.15. The van der Waals surface area contributed by atoms with Gasteiger partial charge in [-0.05, 0) is 117 Å². The van der Waals surface area contributed by atoms with Crippen LogP contribution in [0.3, 0.4) is 0 Å². The minimum Gasteiger partial charge on any atom is -0.493 e.